The van der Waals surface area contributed by atoms with Crippen molar-refractivity contribution in [1.82, 2.24) is 0 Å². The zero-order valence-corrected chi connectivity index (χ0v) is 10.7. The van der Waals surface area contributed by atoms with Gasteiger partial charge in [0, 0.05) is 0 Å². The van der Waals surface area contributed by atoms with E-state index in [9.17, 15) is 0 Å². The van der Waals surface area contributed by atoms with Gasteiger partial charge in [0.05, 0.1) is 0 Å². The molecule has 0 heterocycles. The SMILES string of the molecule is C=C(C)C.CC.CCCCCCC. The van der Waals surface area contributed by atoms with Crippen LogP contribution in [0, 0.1) is 0 Å². The molecule has 0 nitrogen and oxygen atoms in total. The average Bonchev–Trinajstić information content (AvgIpc) is 2.08. The van der Waals surface area contributed by atoms with Crippen molar-refractivity contribution < 1.29 is 0 Å². The maximum Gasteiger partial charge on any atom is -0.0445 e. The largest absolute Gasteiger partial charge is 0.100 e. The summed E-state index contributed by atoms with van der Waals surface area (Å²) in [6.07, 6.45) is 7.01. The summed E-state index contributed by atoms with van der Waals surface area (Å²) in [5, 5.41) is 0. The summed E-state index contributed by atoms with van der Waals surface area (Å²) < 4.78 is 0. The normalized spacial score (nSPS) is 7.54. The summed E-state index contributed by atoms with van der Waals surface area (Å²) >= 11 is 0. The van der Waals surface area contributed by atoms with E-state index >= 15 is 0 Å². The van der Waals surface area contributed by atoms with Crippen molar-refractivity contribution in [2.45, 2.75) is 73.6 Å². The molecule has 0 aliphatic carbocycles. The van der Waals surface area contributed by atoms with Crippen LogP contribution in [0.3, 0.4) is 0 Å². The molecule has 0 saturated carbocycles. The molecule has 0 aromatic rings. The quantitative estimate of drug-likeness (QED) is 0.397. The van der Waals surface area contributed by atoms with Gasteiger partial charge in [-0.1, -0.05) is 65.4 Å². The van der Waals surface area contributed by atoms with Gasteiger partial charge < -0.3 is 0 Å². The summed E-state index contributed by atoms with van der Waals surface area (Å²) in [5.41, 5.74) is 1.17. The molecule has 13 heavy (non-hydrogen) atoms. The molecule has 0 aromatic carbocycles. The van der Waals surface area contributed by atoms with Crippen LogP contribution < -0.4 is 0 Å². The summed E-state index contributed by atoms with van der Waals surface area (Å²) in [6.45, 7) is 16.0. The molecular weight excluding hydrogens is 156 g/mol. The molecule has 82 valence electrons. The van der Waals surface area contributed by atoms with E-state index in [0.717, 1.165) is 0 Å². The predicted molar refractivity (Wildman–Crippen MR) is 66.3 cm³/mol. The smallest absolute Gasteiger partial charge is 0.0445 e. The van der Waals surface area contributed by atoms with E-state index in [0.29, 0.717) is 0 Å². The van der Waals surface area contributed by atoms with Gasteiger partial charge in [-0.2, -0.15) is 0 Å². The van der Waals surface area contributed by atoms with Gasteiger partial charge in [-0.05, 0) is 13.8 Å². The van der Waals surface area contributed by atoms with Crippen molar-refractivity contribution in [3.05, 3.63) is 12.2 Å². The number of rotatable bonds is 4. The molecule has 0 amide bonds. The third-order valence-electron chi connectivity index (χ3n) is 1.21. The first-order valence-electron chi connectivity index (χ1n) is 5.77. The highest BCUT2D eigenvalue weighted by molar-refractivity contribution is 4.78. The van der Waals surface area contributed by atoms with Gasteiger partial charge in [0.15, 0.2) is 0 Å². The molecule has 0 bridgehead atoms. The number of unbranched alkanes of at least 4 members (excludes halogenated alkanes) is 4. The Kier molecular flexibility index (Phi) is 32.2. The topological polar surface area (TPSA) is 0 Å². The Labute approximate surface area is 86.4 Å². The lowest BCUT2D eigenvalue weighted by Gasteiger charge is -1.90. The highest BCUT2D eigenvalue weighted by atomic mass is 13.9. The number of hydrogen-bond acceptors (Lipinski definition) is 0. The highest BCUT2D eigenvalue weighted by Gasteiger charge is 1.80. The Bertz CT molecular complexity index is 64.1. The zero-order valence-electron chi connectivity index (χ0n) is 10.7. The monoisotopic (exact) mass is 186 g/mol. The summed E-state index contributed by atoms with van der Waals surface area (Å²) in [7, 11) is 0. The molecule has 0 N–H and O–H groups in total. The van der Waals surface area contributed by atoms with E-state index in [4.69, 9.17) is 0 Å². The molecule has 0 unspecified atom stereocenters. The molecular formula is C13H30. The van der Waals surface area contributed by atoms with Gasteiger partial charge in [0.1, 0.15) is 0 Å². The Morgan fingerprint density at radius 3 is 1.23 bits per heavy atom. The van der Waals surface area contributed by atoms with Crippen LogP contribution in [0.15, 0.2) is 12.2 Å². The minimum absolute atomic E-state index is 1.17. The van der Waals surface area contributed by atoms with Crippen LogP contribution in [0.25, 0.3) is 0 Å². The molecule has 0 rings (SSSR count). The first-order valence-corrected chi connectivity index (χ1v) is 5.77. The second-order valence-corrected chi connectivity index (χ2v) is 3.27. The molecule has 0 aliphatic rings. The molecule has 0 atom stereocenters. The van der Waals surface area contributed by atoms with Crippen LogP contribution in [0.1, 0.15) is 73.6 Å². The van der Waals surface area contributed by atoms with Gasteiger partial charge in [-0.15, -0.1) is 6.58 Å². The lowest BCUT2D eigenvalue weighted by Crippen LogP contribution is -1.70. The minimum atomic E-state index is 1.17. The van der Waals surface area contributed by atoms with Crippen molar-refractivity contribution in [2.75, 3.05) is 0 Å². The van der Waals surface area contributed by atoms with Crippen molar-refractivity contribution in [3.8, 4) is 0 Å². The van der Waals surface area contributed by atoms with E-state index in [-0.39, 0.29) is 0 Å². The highest BCUT2D eigenvalue weighted by Crippen LogP contribution is 2.00. The van der Waals surface area contributed by atoms with Gasteiger partial charge in [0.25, 0.3) is 0 Å². The standard InChI is InChI=1S/C7H16.C4H8.C2H6/c1-3-5-7-6-4-2;1-4(2)3;1-2/h3-7H2,1-2H3;1H2,2-3H3;1-2H3. The summed E-state index contributed by atoms with van der Waals surface area (Å²) in [4.78, 5) is 0. The second-order valence-electron chi connectivity index (χ2n) is 3.27. The lowest BCUT2D eigenvalue weighted by atomic mass is 10.2. The zero-order chi connectivity index (χ0) is 11.1. The molecule has 0 aliphatic heterocycles. The molecule has 0 spiro atoms. The first-order chi connectivity index (χ1) is 6.15. The maximum atomic E-state index is 3.56. The van der Waals surface area contributed by atoms with Gasteiger partial charge >= 0.3 is 0 Å². The van der Waals surface area contributed by atoms with Crippen molar-refractivity contribution in [1.29, 1.82) is 0 Å². The fraction of sp³-hybridized carbons (Fsp3) is 0.846. The van der Waals surface area contributed by atoms with E-state index in [1.165, 1.54) is 37.7 Å². The van der Waals surface area contributed by atoms with Crippen molar-refractivity contribution in [3.63, 3.8) is 0 Å². The Balaban J connectivity index is -0.000000142. The predicted octanol–water partition coefficient (Wildman–Crippen LogP) is 5.59. The van der Waals surface area contributed by atoms with Crippen LogP contribution in [-0.4, -0.2) is 0 Å². The van der Waals surface area contributed by atoms with Crippen molar-refractivity contribution in [2.24, 2.45) is 0 Å². The Hall–Kier alpha value is -0.260. The van der Waals surface area contributed by atoms with Gasteiger partial charge in [-0.25, -0.2) is 0 Å². The van der Waals surface area contributed by atoms with E-state index in [1.807, 2.05) is 27.7 Å². The van der Waals surface area contributed by atoms with E-state index in [2.05, 4.69) is 20.4 Å². The molecule has 0 fully saturated rings. The molecule has 0 saturated heterocycles. The summed E-state index contributed by atoms with van der Waals surface area (Å²) in [6, 6.07) is 0. The fourth-order valence-electron chi connectivity index (χ4n) is 0.677. The molecule has 0 aromatic heterocycles. The lowest BCUT2D eigenvalue weighted by molar-refractivity contribution is 0.656. The minimum Gasteiger partial charge on any atom is -0.100 e. The van der Waals surface area contributed by atoms with E-state index < -0.39 is 0 Å². The van der Waals surface area contributed by atoms with Crippen molar-refractivity contribution >= 4 is 0 Å². The van der Waals surface area contributed by atoms with E-state index in [1.54, 1.807) is 0 Å². The summed E-state index contributed by atoms with van der Waals surface area (Å²) in [5.74, 6) is 0. The Morgan fingerprint density at radius 1 is 0.846 bits per heavy atom. The number of allylic oxidation sites excluding steroid dienone is 1. The van der Waals surface area contributed by atoms with Gasteiger partial charge in [0.2, 0.25) is 0 Å². The van der Waals surface area contributed by atoms with Crippen LogP contribution in [0.5, 0.6) is 0 Å². The molecule has 0 heteroatoms. The van der Waals surface area contributed by atoms with Crippen LogP contribution in [0.4, 0.5) is 0 Å². The van der Waals surface area contributed by atoms with Gasteiger partial charge in [-0.3, -0.25) is 0 Å². The maximum absolute atomic E-state index is 3.56. The third-order valence-corrected chi connectivity index (χ3v) is 1.21. The second kappa shape index (κ2) is 22.6. The van der Waals surface area contributed by atoms with Crippen LogP contribution in [-0.2, 0) is 0 Å². The van der Waals surface area contributed by atoms with Crippen LogP contribution in [0.2, 0.25) is 0 Å². The third kappa shape index (κ3) is 79.6. The Morgan fingerprint density at radius 2 is 1.08 bits per heavy atom. The fourth-order valence-corrected chi connectivity index (χ4v) is 0.677. The molecule has 0 radical (unpaired) electrons. The number of hydrogen-bond donors (Lipinski definition) is 0. The average molecular weight is 186 g/mol. The first kappa shape index (κ1) is 18.5. The van der Waals surface area contributed by atoms with Crippen LogP contribution >= 0.6 is 0 Å².